The van der Waals surface area contributed by atoms with Crippen LogP contribution in [0.4, 0.5) is 0 Å². The van der Waals surface area contributed by atoms with E-state index in [9.17, 15) is 4.79 Å². The molecule has 0 N–H and O–H groups in total. The highest BCUT2D eigenvalue weighted by Crippen LogP contribution is 2.33. The molecule has 0 bridgehead atoms. The maximum atomic E-state index is 11.0. The largest absolute Gasteiger partial charge is 0.491 e. The van der Waals surface area contributed by atoms with Crippen molar-refractivity contribution in [1.29, 1.82) is 0 Å². The van der Waals surface area contributed by atoms with Gasteiger partial charge in [0.15, 0.2) is 0 Å². The molecule has 0 aliphatic carbocycles. The highest BCUT2D eigenvalue weighted by molar-refractivity contribution is 5.69. The van der Waals surface area contributed by atoms with E-state index in [1.165, 1.54) is 12.5 Å². The molecule has 0 aliphatic heterocycles. The fourth-order valence-electron chi connectivity index (χ4n) is 2.49. The van der Waals surface area contributed by atoms with E-state index >= 15 is 0 Å². The molecular formula is C20H24O3. The topological polar surface area (TPSA) is 35.5 Å². The zero-order valence-electron chi connectivity index (χ0n) is 14.4. The molecule has 0 unspecified atom stereocenters. The number of benzene rings is 2. The Morgan fingerprint density at radius 2 is 1.30 bits per heavy atom. The Kier molecular flexibility index (Phi) is 5.09. The summed E-state index contributed by atoms with van der Waals surface area (Å²) in [7, 11) is 0. The van der Waals surface area contributed by atoms with Gasteiger partial charge in [0.2, 0.25) is 0 Å². The molecule has 0 spiro atoms. The normalized spacial score (nSPS) is 11.4. The van der Waals surface area contributed by atoms with Gasteiger partial charge in [0.25, 0.3) is 0 Å². The second kappa shape index (κ2) is 6.86. The van der Waals surface area contributed by atoms with Crippen molar-refractivity contribution in [2.75, 3.05) is 0 Å². The lowest BCUT2D eigenvalue weighted by atomic mass is 9.78. The van der Waals surface area contributed by atoms with Crippen LogP contribution in [0.5, 0.6) is 11.5 Å². The number of hydrogen-bond acceptors (Lipinski definition) is 3. The lowest BCUT2D eigenvalue weighted by Crippen LogP contribution is -2.19. The van der Waals surface area contributed by atoms with E-state index in [2.05, 4.69) is 26.0 Å². The molecule has 0 saturated carbocycles. The summed E-state index contributed by atoms with van der Waals surface area (Å²) >= 11 is 0. The molecule has 3 nitrogen and oxygen atoms in total. The first-order valence-corrected chi connectivity index (χ1v) is 7.85. The lowest BCUT2D eigenvalue weighted by Gasteiger charge is -2.26. The molecule has 2 aromatic carbocycles. The number of carbonyl (C=O) groups is 1. The SMILES string of the molecule is CC(=O)Oc1ccc(C(C)(C)c2ccc(OC(C)C)cc2)cc1. The van der Waals surface area contributed by atoms with Crippen molar-refractivity contribution >= 4 is 5.97 Å². The quantitative estimate of drug-likeness (QED) is 0.591. The Morgan fingerprint density at radius 3 is 1.70 bits per heavy atom. The van der Waals surface area contributed by atoms with E-state index in [0.29, 0.717) is 5.75 Å². The average molecular weight is 312 g/mol. The maximum absolute atomic E-state index is 11.0. The van der Waals surface area contributed by atoms with Gasteiger partial charge in [-0.25, -0.2) is 0 Å². The van der Waals surface area contributed by atoms with Crippen molar-refractivity contribution in [1.82, 2.24) is 0 Å². The molecular weight excluding hydrogens is 288 g/mol. The Balaban J connectivity index is 2.21. The summed E-state index contributed by atoms with van der Waals surface area (Å²) < 4.78 is 10.8. The first-order valence-electron chi connectivity index (χ1n) is 7.85. The van der Waals surface area contributed by atoms with Gasteiger partial charge in [0.1, 0.15) is 11.5 Å². The standard InChI is InChI=1S/C20H24O3/c1-14(2)22-18-10-6-16(7-11-18)20(4,5)17-8-12-19(13-9-17)23-15(3)21/h6-14H,1-5H3. The zero-order chi connectivity index (χ0) is 17.0. The van der Waals surface area contributed by atoms with Gasteiger partial charge in [-0.05, 0) is 49.2 Å². The minimum Gasteiger partial charge on any atom is -0.491 e. The number of rotatable bonds is 5. The van der Waals surface area contributed by atoms with Gasteiger partial charge in [-0.15, -0.1) is 0 Å². The molecule has 0 radical (unpaired) electrons. The second-order valence-corrected chi connectivity index (χ2v) is 6.43. The van der Waals surface area contributed by atoms with E-state index in [1.807, 2.05) is 50.2 Å². The predicted molar refractivity (Wildman–Crippen MR) is 92.1 cm³/mol. The maximum Gasteiger partial charge on any atom is 0.308 e. The van der Waals surface area contributed by atoms with E-state index < -0.39 is 0 Å². The van der Waals surface area contributed by atoms with Crippen molar-refractivity contribution in [2.24, 2.45) is 0 Å². The summed E-state index contributed by atoms with van der Waals surface area (Å²) in [5, 5.41) is 0. The van der Waals surface area contributed by atoms with Crippen molar-refractivity contribution in [3.63, 3.8) is 0 Å². The first kappa shape index (κ1) is 17.1. The van der Waals surface area contributed by atoms with Gasteiger partial charge < -0.3 is 9.47 Å². The summed E-state index contributed by atoms with van der Waals surface area (Å²) in [5.41, 5.74) is 2.21. The third-order valence-corrected chi connectivity index (χ3v) is 3.79. The van der Waals surface area contributed by atoms with E-state index in [-0.39, 0.29) is 17.5 Å². The molecule has 0 atom stereocenters. The lowest BCUT2D eigenvalue weighted by molar-refractivity contribution is -0.131. The third kappa shape index (κ3) is 4.35. The average Bonchev–Trinajstić information content (AvgIpc) is 2.47. The van der Waals surface area contributed by atoms with Crippen LogP contribution >= 0.6 is 0 Å². The molecule has 23 heavy (non-hydrogen) atoms. The molecule has 0 amide bonds. The van der Waals surface area contributed by atoms with Crippen LogP contribution in [-0.2, 0) is 10.2 Å². The van der Waals surface area contributed by atoms with Gasteiger partial charge in [-0.1, -0.05) is 38.1 Å². The minimum absolute atomic E-state index is 0.148. The smallest absolute Gasteiger partial charge is 0.308 e. The Bertz CT molecular complexity index is 652. The van der Waals surface area contributed by atoms with Crippen LogP contribution in [0.15, 0.2) is 48.5 Å². The van der Waals surface area contributed by atoms with Gasteiger partial charge in [-0.3, -0.25) is 4.79 Å². The zero-order valence-corrected chi connectivity index (χ0v) is 14.4. The fraction of sp³-hybridized carbons (Fsp3) is 0.350. The Morgan fingerprint density at radius 1 is 0.870 bits per heavy atom. The molecule has 2 rings (SSSR count). The Hall–Kier alpha value is -2.29. The van der Waals surface area contributed by atoms with E-state index in [4.69, 9.17) is 9.47 Å². The summed E-state index contributed by atoms with van der Waals surface area (Å²) in [6.45, 7) is 9.78. The molecule has 0 saturated heterocycles. The number of hydrogen-bond donors (Lipinski definition) is 0. The molecule has 3 heteroatoms. The van der Waals surface area contributed by atoms with Crippen LogP contribution in [0.3, 0.4) is 0 Å². The molecule has 2 aromatic rings. The van der Waals surface area contributed by atoms with Gasteiger partial charge in [-0.2, -0.15) is 0 Å². The van der Waals surface area contributed by atoms with Crippen LogP contribution < -0.4 is 9.47 Å². The van der Waals surface area contributed by atoms with Crippen molar-refractivity contribution in [2.45, 2.75) is 46.1 Å². The predicted octanol–water partition coefficient (Wildman–Crippen LogP) is 4.73. The third-order valence-electron chi connectivity index (χ3n) is 3.79. The van der Waals surface area contributed by atoms with E-state index in [0.717, 1.165) is 11.3 Å². The highest BCUT2D eigenvalue weighted by Gasteiger charge is 2.23. The molecule has 0 heterocycles. The van der Waals surface area contributed by atoms with Crippen LogP contribution in [0.1, 0.15) is 45.7 Å². The van der Waals surface area contributed by atoms with Crippen LogP contribution in [0, 0.1) is 0 Å². The summed E-state index contributed by atoms with van der Waals surface area (Å²) in [6.07, 6.45) is 0.169. The second-order valence-electron chi connectivity index (χ2n) is 6.43. The minimum atomic E-state index is -0.308. The molecule has 0 fully saturated rings. The Labute approximate surface area is 138 Å². The molecule has 0 aromatic heterocycles. The molecule has 0 aliphatic rings. The van der Waals surface area contributed by atoms with Crippen LogP contribution in [0.25, 0.3) is 0 Å². The highest BCUT2D eigenvalue weighted by atomic mass is 16.5. The number of ether oxygens (including phenoxy) is 2. The fourth-order valence-corrected chi connectivity index (χ4v) is 2.49. The van der Waals surface area contributed by atoms with Gasteiger partial charge >= 0.3 is 5.97 Å². The van der Waals surface area contributed by atoms with Crippen molar-refractivity contribution < 1.29 is 14.3 Å². The number of esters is 1. The van der Waals surface area contributed by atoms with Crippen molar-refractivity contribution in [3.05, 3.63) is 59.7 Å². The van der Waals surface area contributed by atoms with Crippen LogP contribution in [-0.4, -0.2) is 12.1 Å². The summed E-state index contributed by atoms with van der Waals surface area (Å²) in [6, 6.07) is 15.8. The number of carbonyl (C=O) groups excluding carboxylic acids is 1. The summed E-state index contributed by atoms with van der Waals surface area (Å²) in [4.78, 5) is 11.0. The molecule has 122 valence electrons. The van der Waals surface area contributed by atoms with Crippen molar-refractivity contribution in [3.8, 4) is 11.5 Å². The first-order chi connectivity index (χ1) is 10.8. The monoisotopic (exact) mass is 312 g/mol. The summed E-state index contributed by atoms with van der Waals surface area (Å²) in [5.74, 6) is 1.14. The van der Waals surface area contributed by atoms with Gasteiger partial charge in [0.05, 0.1) is 6.10 Å². The van der Waals surface area contributed by atoms with Crippen LogP contribution in [0.2, 0.25) is 0 Å². The van der Waals surface area contributed by atoms with Gasteiger partial charge in [0, 0.05) is 12.3 Å². The van der Waals surface area contributed by atoms with E-state index in [1.54, 1.807) is 0 Å².